The fourth-order valence-corrected chi connectivity index (χ4v) is 7.99. The summed E-state index contributed by atoms with van der Waals surface area (Å²) in [5, 5.41) is 22.8. The van der Waals surface area contributed by atoms with E-state index in [0.29, 0.717) is 11.8 Å². The lowest BCUT2D eigenvalue weighted by Gasteiger charge is -2.61. The van der Waals surface area contributed by atoms with Crippen molar-refractivity contribution in [2.75, 3.05) is 0 Å². The summed E-state index contributed by atoms with van der Waals surface area (Å²) in [5.74, 6) is 1.07. The predicted octanol–water partition coefficient (Wildman–Crippen LogP) is 4.63. The Kier molecular flexibility index (Phi) is 4.03. The average molecular weight is 422 g/mol. The zero-order chi connectivity index (χ0) is 21.8. The molecular weight excluding hydrogens is 386 g/mol. The number of para-hydroxylation sites is 1. The van der Waals surface area contributed by atoms with Crippen molar-refractivity contribution >= 4 is 10.9 Å². The monoisotopic (exact) mass is 421 g/mol. The summed E-state index contributed by atoms with van der Waals surface area (Å²) in [4.78, 5) is 3.85. The topological polar surface area (TPSA) is 65.5 Å². The average Bonchev–Trinajstić information content (AvgIpc) is 3.22. The van der Waals surface area contributed by atoms with Crippen LogP contribution in [-0.4, -0.2) is 39.1 Å². The number of fused-ring (bicyclic) bond motifs is 9. The Hall–Kier alpha value is -1.62. The van der Waals surface area contributed by atoms with Crippen molar-refractivity contribution in [1.82, 2.24) is 4.98 Å². The first-order chi connectivity index (χ1) is 14.6. The lowest BCUT2D eigenvalue weighted by molar-refractivity contribution is -0.171. The molecule has 2 saturated carbocycles. The first kappa shape index (κ1) is 20.0. The minimum absolute atomic E-state index is 0.0154. The van der Waals surface area contributed by atoms with Gasteiger partial charge in [-0.25, -0.2) is 0 Å². The molecule has 166 valence electrons. The molecule has 31 heavy (non-hydrogen) atoms. The van der Waals surface area contributed by atoms with Gasteiger partial charge in [0.2, 0.25) is 0 Å². The number of ether oxygens (including phenoxy) is 1. The molecule has 3 aliphatic carbocycles. The number of aliphatic hydroxyl groups excluding tert-OH is 1. The molecule has 0 saturated heterocycles. The van der Waals surface area contributed by atoms with Crippen molar-refractivity contribution in [3.8, 4) is 0 Å². The number of H-pyrrole nitrogens is 1. The van der Waals surface area contributed by atoms with Crippen LogP contribution in [0.3, 0.4) is 0 Å². The number of hydrogen-bond acceptors (Lipinski definition) is 3. The van der Waals surface area contributed by atoms with Crippen molar-refractivity contribution in [1.29, 1.82) is 0 Å². The largest absolute Gasteiger partial charge is 0.388 e. The SMILES string of the molecule is CC(C)(O)[C@H]1O[C@H]2CC[C@@]3(C)[C@@H](CC[C@H]4Cc5c([nH]c6ccccc56)[C@@]43C)C2=C[C@@H]1O. The van der Waals surface area contributed by atoms with Crippen molar-refractivity contribution in [3.05, 3.63) is 47.2 Å². The molecule has 3 N–H and O–H groups in total. The highest BCUT2D eigenvalue weighted by molar-refractivity contribution is 5.86. The standard InChI is InChI=1S/C27H35NO3/c1-25(2,30)24-21(29)14-18-19-10-9-15-13-17-16-7-5-6-8-20(16)28-23(17)27(15,4)26(19,3)12-11-22(18)31-24/h5-8,14-15,19,21-22,24,28-30H,9-13H2,1-4H3/t15-,19-,21-,22-,24-,26-,27+/m0/s1. The first-order valence-electron chi connectivity index (χ1n) is 12.0. The summed E-state index contributed by atoms with van der Waals surface area (Å²) in [5.41, 5.74) is 4.68. The Morgan fingerprint density at radius 2 is 1.90 bits per heavy atom. The van der Waals surface area contributed by atoms with Crippen molar-refractivity contribution in [3.63, 3.8) is 0 Å². The van der Waals surface area contributed by atoms with Gasteiger partial charge in [-0.05, 0) is 80.4 Å². The second-order valence-electron chi connectivity index (χ2n) is 11.6. The molecule has 4 aliphatic rings. The molecule has 2 heterocycles. The van der Waals surface area contributed by atoms with E-state index < -0.39 is 17.8 Å². The van der Waals surface area contributed by atoms with Gasteiger partial charge in [-0.2, -0.15) is 0 Å². The van der Waals surface area contributed by atoms with E-state index in [1.807, 2.05) is 6.08 Å². The van der Waals surface area contributed by atoms with Crippen molar-refractivity contribution in [2.24, 2.45) is 17.3 Å². The summed E-state index contributed by atoms with van der Waals surface area (Å²) in [6.45, 7) is 8.46. The zero-order valence-corrected chi connectivity index (χ0v) is 19.1. The fraction of sp³-hybridized carbons (Fsp3) is 0.630. The molecule has 0 unspecified atom stereocenters. The minimum atomic E-state index is -1.06. The van der Waals surface area contributed by atoms with Gasteiger partial charge in [0.1, 0.15) is 12.2 Å². The van der Waals surface area contributed by atoms with Gasteiger partial charge in [0.15, 0.2) is 0 Å². The number of nitrogens with one attached hydrogen (secondary N) is 1. The van der Waals surface area contributed by atoms with Gasteiger partial charge in [-0.1, -0.05) is 38.1 Å². The maximum Gasteiger partial charge on any atom is 0.116 e. The van der Waals surface area contributed by atoms with Crippen molar-refractivity contribution < 1.29 is 14.9 Å². The van der Waals surface area contributed by atoms with Crippen LogP contribution < -0.4 is 0 Å². The van der Waals surface area contributed by atoms with Crippen molar-refractivity contribution in [2.45, 2.75) is 89.1 Å². The highest BCUT2D eigenvalue weighted by atomic mass is 16.5. The molecule has 1 aliphatic heterocycles. The second-order valence-corrected chi connectivity index (χ2v) is 11.6. The quantitative estimate of drug-likeness (QED) is 0.588. The van der Waals surface area contributed by atoms with E-state index in [1.54, 1.807) is 13.8 Å². The number of hydrogen-bond donors (Lipinski definition) is 3. The maximum atomic E-state index is 10.9. The van der Waals surface area contributed by atoms with Gasteiger partial charge in [0, 0.05) is 22.0 Å². The molecule has 1 aromatic carbocycles. The van der Waals surface area contributed by atoms with Gasteiger partial charge >= 0.3 is 0 Å². The zero-order valence-electron chi connectivity index (χ0n) is 19.1. The van der Waals surface area contributed by atoms with E-state index >= 15 is 0 Å². The molecule has 0 spiro atoms. The Labute approximate surface area is 184 Å². The van der Waals surface area contributed by atoms with E-state index in [9.17, 15) is 10.2 Å². The lowest BCUT2D eigenvalue weighted by atomic mass is 9.44. The van der Waals surface area contributed by atoms with Crippen LogP contribution in [0.2, 0.25) is 0 Å². The molecule has 7 atom stereocenters. The molecule has 4 nitrogen and oxygen atoms in total. The van der Waals surface area contributed by atoms with E-state index in [4.69, 9.17) is 4.74 Å². The molecule has 2 aromatic rings. The number of aromatic nitrogens is 1. The summed E-state index contributed by atoms with van der Waals surface area (Å²) in [6.07, 6.45) is 6.33. The maximum absolute atomic E-state index is 10.9. The van der Waals surface area contributed by atoms with Gasteiger partial charge in [0.25, 0.3) is 0 Å². The number of aliphatic hydroxyl groups is 2. The molecule has 0 amide bonds. The summed E-state index contributed by atoms with van der Waals surface area (Å²) in [7, 11) is 0. The molecule has 6 rings (SSSR count). The van der Waals surface area contributed by atoms with Crippen LogP contribution in [0.1, 0.15) is 64.6 Å². The van der Waals surface area contributed by atoms with Crippen LogP contribution in [0.4, 0.5) is 0 Å². The van der Waals surface area contributed by atoms with Crippen LogP contribution in [0.5, 0.6) is 0 Å². The molecule has 1 aromatic heterocycles. The summed E-state index contributed by atoms with van der Waals surface area (Å²) >= 11 is 0. The lowest BCUT2D eigenvalue weighted by Crippen LogP contribution is -2.59. The highest BCUT2D eigenvalue weighted by Crippen LogP contribution is 2.67. The molecule has 0 bridgehead atoms. The Balaban J connectivity index is 1.45. The normalized spacial score (nSPS) is 41.9. The third-order valence-corrected chi connectivity index (χ3v) is 9.74. The molecule has 0 radical (unpaired) electrons. The first-order valence-corrected chi connectivity index (χ1v) is 12.0. The van der Waals surface area contributed by atoms with Gasteiger partial charge < -0.3 is 19.9 Å². The van der Waals surface area contributed by atoms with Crippen LogP contribution in [0.15, 0.2) is 35.9 Å². The smallest absolute Gasteiger partial charge is 0.116 e. The van der Waals surface area contributed by atoms with E-state index in [2.05, 4.69) is 43.1 Å². The minimum Gasteiger partial charge on any atom is -0.388 e. The van der Waals surface area contributed by atoms with Crippen LogP contribution in [0, 0.1) is 17.3 Å². The second kappa shape index (κ2) is 6.24. The number of rotatable bonds is 1. The van der Waals surface area contributed by atoms with Gasteiger partial charge in [0.05, 0.1) is 11.7 Å². The van der Waals surface area contributed by atoms with Crippen LogP contribution in [0.25, 0.3) is 10.9 Å². The van der Waals surface area contributed by atoms with Crippen LogP contribution >= 0.6 is 0 Å². The summed E-state index contributed by atoms with van der Waals surface area (Å²) < 4.78 is 6.35. The third kappa shape index (κ3) is 2.47. The fourth-order valence-electron chi connectivity index (χ4n) is 7.99. The third-order valence-electron chi connectivity index (χ3n) is 9.74. The molecule has 4 heteroatoms. The number of aromatic amines is 1. The Morgan fingerprint density at radius 1 is 1.13 bits per heavy atom. The Morgan fingerprint density at radius 3 is 2.68 bits per heavy atom. The Bertz CT molecular complexity index is 1080. The highest BCUT2D eigenvalue weighted by Gasteiger charge is 2.64. The van der Waals surface area contributed by atoms with Gasteiger partial charge in [-0.3, -0.25) is 0 Å². The predicted molar refractivity (Wildman–Crippen MR) is 122 cm³/mol. The van der Waals surface area contributed by atoms with Crippen LogP contribution in [-0.2, 0) is 16.6 Å². The summed E-state index contributed by atoms with van der Waals surface area (Å²) in [6, 6.07) is 8.75. The number of benzene rings is 1. The molecular formula is C27H35NO3. The van der Waals surface area contributed by atoms with E-state index in [-0.39, 0.29) is 16.9 Å². The van der Waals surface area contributed by atoms with Gasteiger partial charge in [-0.15, -0.1) is 0 Å². The van der Waals surface area contributed by atoms with E-state index in [1.165, 1.54) is 40.6 Å². The van der Waals surface area contributed by atoms with E-state index in [0.717, 1.165) is 19.3 Å². The molecule has 2 fully saturated rings.